The molecule has 2 aromatic rings. The molecule has 110 valence electrons. The van der Waals surface area contributed by atoms with Gasteiger partial charge in [0, 0.05) is 24.4 Å². The van der Waals surface area contributed by atoms with Crippen molar-refractivity contribution >= 4 is 22.7 Å². The van der Waals surface area contributed by atoms with E-state index in [0.717, 1.165) is 18.2 Å². The second-order valence-corrected chi connectivity index (χ2v) is 5.26. The number of amidine groups is 1. The highest BCUT2D eigenvalue weighted by Crippen LogP contribution is 2.23. The highest BCUT2D eigenvalue weighted by Gasteiger charge is 2.28. The van der Waals surface area contributed by atoms with Crippen molar-refractivity contribution in [3.8, 4) is 0 Å². The predicted octanol–water partition coefficient (Wildman–Crippen LogP) is 2.03. The van der Waals surface area contributed by atoms with Crippen LogP contribution in [0.5, 0.6) is 0 Å². The second-order valence-electron chi connectivity index (χ2n) is 5.26. The molecule has 1 atom stereocenters. The van der Waals surface area contributed by atoms with E-state index in [1.54, 1.807) is 11.0 Å². The minimum atomic E-state index is -0.151. The summed E-state index contributed by atoms with van der Waals surface area (Å²) in [6.45, 7) is 1.11. The molecule has 3 N–H and O–H groups in total. The molecule has 2 heterocycles. The maximum atomic E-state index is 12.5. The van der Waals surface area contributed by atoms with Crippen LogP contribution in [0.15, 0.2) is 39.9 Å². The van der Waals surface area contributed by atoms with E-state index in [1.807, 2.05) is 24.3 Å². The third-order valence-electron chi connectivity index (χ3n) is 3.88. The molecule has 21 heavy (non-hydrogen) atoms. The first-order chi connectivity index (χ1) is 10.2. The van der Waals surface area contributed by atoms with Gasteiger partial charge in [-0.2, -0.15) is 0 Å². The molecule has 0 bridgehead atoms. The Morgan fingerprint density at radius 2 is 2.24 bits per heavy atom. The van der Waals surface area contributed by atoms with Gasteiger partial charge in [0.15, 0.2) is 5.76 Å². The summed E-state index contributed by atoms with van der Waals surface area (Å²) in [5.41, 5.74) is 6.35. The molecule has 0 aliphatic carbocycles. The van der Waals surface area contributed by atoms with Crippen molar-refractivity contribution in [2.45, 2.75) is 12.8 Å². The molecule has 1 aliphatic rings. The Kier molecular flexibility index (Phi) is 3.51. The third-order valence-corrected chi connectivity index (χ3v) is 3.88. The molecule has 6 heteroatoms. The van der Waals surface area contributed by atoms with Crippen LogP contribution in [-0.4, -0.2) is 34.9 Å². The lowest BCUT2D eigenvalue weighted by atomic mass is 9.97. The van der Waals surface area contributed by atoms with Gasteiger partial charge in [-0.05, 0) is 25.0 Å². The number of carbonyl (C=O) groups is 1. The summed E-state index contributed by atoms with van der Waals surface area (Å²) in [7, 11) is 0. The van der Waals surface area contributed by atoms with E-state index in [-0.39, 0.29) is 17.7 Å². The highest BCUT2D eigenvalue weighted by atomic mass is 16.4. The number of hydrogen-bond acceptors (Lipinski definition) is 4. The van der Waals surface area contributed by atoms with Gasteiger partial charge in [-0.1, -0.05) is 23.4 Å². The number of hydrogen-bond donors (Lipinski definition) is 2. The summed E-state index contributed by atoms with van der Waals surface area (Å²) in [6.07, 6.45) is 1.65. The number of oxime groups is 1. The molecule has 1 aromatic carbocycles. The van der Waals surface area contributed by atoms with Crippen LogP contribution in [-0.2, 0) is 0 Å². The molecule has 6 nitrogen and oxygen atoms in total. The van der Waals surface area contributed by atoms with Crippen molar-refractivity contribution in [3.05, 3.63) is 36.1 Å². The van der Waals surface area contributed by atoms with E-state index in [9.17, 15) is 4.79 Å². The van der Waals surface area contributed by atoms with Crippen LogP contribution in [0.2, 0.25) is 0 Å². The largest absolute Gasteiger partial charge is 0.451 e. The summed E-state index contributed by atoms with van der Waals surface area (Å²) < 4.78 is 5.60. The number of para-hydroxylation sites is 1. The van der Waals surface area contributed by atoms with Crippen LogP contribution in [0, 0.1) is 5.92 Å². The van der Waals surface area contributed by atoms with Crippen molar-refractivity contribution < 1.29 is 14.4 Å². The van der Waals surface area contributed by atoms with Gasteiger partial charge in [0.2, 0.25) is 0 Å². The maximum absolute atomic E-state index is 12.5. The molecule has 3 rings (SSSR count). The van der Waals surface area contributed by atoms with Gasteiger partial charge in [0.1, 0.15) is 11.4 Å². The fourth-order valence-corrected chi connectivity index (χ4v) is 2.73. The topological polar surface area (TPSA) is 92.1 Å². The standard InChI is InChI=1S/C15H17N3O3/c16-14(17-20)11-5-3-7-18(9-11)15(19)13-8-10-4-1-2-6-12(10)21-13/h1-2,4,6,8,11,20H,3,5,7,9H2,(H2,16,17). The summed E-state index contributed by atoms with van der Waals surface area (Å²) in [6, 6.07) is 9.27. The van der Waals surface area contributed by atoms with E-state index >= 15 is 0 Å². The number of rotatable bonds is 2. The van der Waals surface area contributed by atoms with Crippen LogP contribution < -0.4 is 5.73 Å². The molecular formula is C15H17N3O3. The summed E-state index contributed by atoms with van der Waals surface area (Å²) >= 11 is 0. The second kappa shape index (κ2) is 5.47. The molecular weight excluding hydrogens is 270 g/mol. The Hall–Kier alpha value is -2.50. The van der Waals surface area contributed by atoms with Gasteiger partial charge < -0.3 is 20.3 Å². The first-order valence-corrected chi connectivity index (χ1v) is 6.94. The van der Waals surface area contributed by atoms with Crippen LogP contribution in [0.1, 0.15) is 23.4 Å². The fraction of sp³-hybridized carbons (Fsp3) is 0.333. The first-order valence-electron chi connectivity index (χ1n) is 6.94. The monoisotopic (exact) mass is 287 g/mol. The zero-order valence-corrected chi connectivity index (χ0v) is 11.5. The van der Waals surface area contributed by atoms with E-state index < -0.39 is 0 Å². The lowest BCUT2D eigenvalue weighted by Crippen LogP contribution is -2.44. The maximum Gasteiger partial charge on any atom is 0.289 e. The molecule has 1 amide bonds. The summed E-state index contributed by atoms with van der Waals surface area (Å²) in [4.78, 5) is 14.2. The third kappa shape index (κ3) is 2.56. The van der Waals surface area contributed by atoms with Gasteiger partial charge in [0.05, 0.1) is 0 Å². The van der Waals surface area contributed by atoms with Crippen molar-refractivity contribution in [3.63, 3.8) is 0 Å². The fourth-order valence-electron chi connectivity index (χ4n) is 2.73. The molecule has 1 aromatic heterocycles. The van der Waals surface area contributed by atoms with Crippen molar-refractivity contribution in [2.75, 3.05) is 13.1 Å². The van der Waals surface area contributed by atoms with Crippen LogP contribution >= 0.6 is 0 Å². The van der Waals surface area contributed by atoms with E-state index in [1.165, 1.54) is 0 Å². The van der Waals surface area contributed by atoms with E-state index in [4.69, 9.17) is 15.4 Å². The number of carbonyl (C=O) groups excluding carboxylic acids is 1. The molecule has 1 unspecified atom stereocenters. The van der Waals surface area contributed by atoms with Gasteiger partial charge >= 0.3 is 0 Å². The minimum absolute atomic E-state index is 0.0999. The lowest BCUT2D eigenvalue weighted by molar-refractivity contribution is 0.0671. The number of likely N-dealkylation sites (tertiary alicyclic amines) is 1. The van der Waals surface area contributed by atoms with Crippen molar-refractivity contribution in [1.29, 1.82) is 0 Å². The number of nitrogens with two attached hydrogens (primary N) is 1. The minimum Gasteiger partial charge on any atom is -0.451 e. The molecule has 1 fully saturated rings. The van der Waals surface area contributed by atoms with Gasteiger partial charge in [0.25, 0.3) is 5.91 Å². The van der Waals surface area contributed by atoms with Crippen molar-refractivity contribution in [1.82, 2.24) is 4.90 Å². The molecule has 0 saturated carbocycles. The average molecular weight is 287 g/mol. The molecule has 1 saturated heterocycles. The Bertz CT molecular complexity index is 659. The number of benzene rings is 1. The highest BCUT2D eigenvalue weighted by molar-refractivity contribution is 5.96. The smallest absolute Gasteiger partial charge is 0.289 e. The molecule has 0 radical (unpaired) electrons. The quantitative estimate of drug-likeness (QED) is 0.382. The van der Waals surface area contributed by atoms with Gasteiger partial charge in [-0.25, -0.2) is 0 Å². The van der Waals surface area contributed by atoms with Crippen molar-refractivity contribution in [2.24, 2.45) is 16.8 Å². The van der Waals surface area contributed by atoms with Crippen LogP contribution in [0.25, 0.3) is 11.0 Å². The number of piperidine rings is 1. The Labute approximate surface area is 121 Å². The number of furan rings is 1. The molecule has 0 spiro atoms. The predicted molar refractivity (Wildman–Crippen MR) is 78.3 cm³/mol. The van der Waals surface area contributed by atoms with Gasteiger partial charge in [-0.3, -0.25) is 4.79 Å². The zero-order valence-electron chi connectivity index (χ0n) is 11.5. The Morgan fingerprint density at radius 3 is 3.00 bits per heavy atom. The lowest BCUT2D eigenvalue weighted by Gasteiger charge is -2.31. The van der Waals surface area contributed by atoms with Crippen LogP contribution in [0.3, 0.4) is 0 Å². The van der Waals surface area contributed by atoms with Gasteiger partial charge in [-0.15, -0.1) is 0 Å². The SMILES string of the molecule is NC(=NO)C1CCCN(C(=O)c2cc3ccccc3o2)C1. The summed E-state index contributed by atoms with van der Waals surface area (Å²) in [5.74, 6) is 0.257. The molecule has 1 aliphatic heterocycles. The number of nitrogens with zero attached hydrogens (tertiary/aromatic N) is 2. The van der Waals surface area contributed by atoms with Crippen LogP contribution in [0.4, 0.5) is 0 Å². The summed E-state index contributed by atoms with van der Waals surface area (Å²) in [5, 5.41) is 12.7. The normalized spacial score (nSPS) is 19.9. The zero-order chi connectivity index (χ0) is 14.8. The average Bonchev–Trinajstić information content (AvgIpc) is 2.97. The number of amides is 1. The van der Waals surface area contributed by atoms with E-state index in [0.29, 0.717) is 24.4 Å². The Morgan fingerprint density at radius 1 is 1.43 bits per heavy atom. The number of fused-ring (bicyclic) bond motifs is 1. The first kappa shape index (κ1) is 13.5. The van der Waals surface area contributed by atoms with E-state index in [2.05, 4.69) is 5.16 Å². The Balaban J connectivity index is 1.81.